The van der Waals surface area contributed by atoms with Crippen LogP contribution in [0.3, 0.4) is 0 Å². The molecule has 0 bridgehead atoms. The average Bonchev–Trinajstić information content (AvgIpc) is 2.29. The van der Waals surface area contributed by atoms with Crippen molar-refractivity contribution in [1.29, 1.82) is 0 Å². The van der Waals surface area contributed by atoms with Crippen LogP contribution in [-0.4, -0.2) is 22.0 Å². The molecule has 1 unspecified atom stereocenters. The molecular weight excluding hydrogens is 274 g/mol. The number of imide groups is 1. The third kappa shape index (κ3) is 2.27. The number of carbonyl (C=O) groups excluding carboxylic acids is 2. The van der Waals surface area contributed by atoms with Gasteiger partial charge in [-0.05, 0) is 18.6 Å². The van der Waals surface area contributed by atoms with Crippen molar-refractivity contribution in [2.24, 2.45) is 0 Å². The molecule has 1 aliphatic rings. The van der Waals surface area contributed by atoms with Gasteiger partial charge in [-0.2, -0.15) is 10.2 Å². The Balaban J connectivity index is 2.17. The molecule has 84 valence electrons. The van der Waals surface area contributed by atoms with Crippen molar-refractivity contribution >= 4 is 27.7 Å². The first-order valence-corrected chi connectivity index (χ1v) is 6.05. The lowest BCUT2D eigenvalue weighted by atomic mass is 9.94. The number of nitrogens with one attached hydrogen (secondary N) is 1. The summed E-state index contributed by atoms with van der Waals surface area (Å²) in [6.07, 6.45) is 0.866. The van der Waals surface area contributed by atoms with Crippen molar-refractivity contribution < 1.29 is 9.59 Å². The van der Waals surface area contributed by atoms with E-state index < -0.39 is 0 Å². The Morgan fingerprint density at radius 3 is 2.75 bits per heavy atom. The van der Waals surface area contributed by atoms with Gasteiger partial charge in [-0.3, -0.25) is 14.9 Å². The molecule has 1 N–H and O–H groups in total. The minimum Gasteiger partial charge on any atom is -0.296 e. The fraction of sp³-hybridized carbons (Fsp3) is 0.400. The van der Waals surface area contributed by atoms with E-state index in [-0.39, 0.29) is 17.7 Å². The number of amides is 2. The van der Waals surface area contributed by atoms with E-state index >= 15 is 0 Å². The van der Waals surface area contributed by atoms with E-state index in [1.807, 2.05) is 6.07 Å². The standard InChI is InChI=1S/C10H10BrN3O2/c11-5-6-1-3-8(14-13-6)7-2-4-9(15)12-10(7)16/h1,3,7H,2,4-5H2,(H,12,15,16). The second kappa shape index (κ2) is 4.69. The van der Waals surface area contributed by atoms with Gasteiger partial charge in [0.1, 0.15) is 0 Å². The SMILES string of the molecule is O=C1CCC(c2ccc(CBr)nn2)C(=O)N1. The van der Waals surface area contributed by atoms with Gasteiger partial charge < -0.3 is 0 Å². The van der Waals surface area contributed by atoms with Crippen molar-refractivity contribution in [2.75, 3.05) is 0 Å². The topological polar surface area (TPSA) is 72.0 Å². The van der Waals surface area contributed by atoms with Gasteiger partial charge >= 0.3 is 0 Å². The highest BCUT2D eigenvalue weighted by atomic mass is 79.9. The van der Waals surface area contributed by atoms with Gasteiger partial charge in [0.25, 0.3) is 0 Å². The molecule has 16 heavy (non-hydrogen) atoms. The molecule has 0 radical (unpaired) electrons. The second-order valence-electron chi connectivity index (χ2n) is 3.59. The Hall–Kier alpha value is -1.30. The Kier molecular flexibility index (Phi) is 3.28. The Bertz CT molecular complexity index is 419. The molecule has 2 heterocycles. The van der Waals surface area contributed by atoms with Gasteiger partial charge in [0, 0.05) is 11.8 Å². The van der Waals surface area contributed by atoms with Gasteiger partial charge in [-0.25, -0.2) is 0 Å². The molecule has 5 nitrogen and oxygen atoms in total. The molecule has 0 spiro atoms. The number of hydrogen-bond acceptors (Lipinski definition) is 4. The zero-order valence-electron chi connectivity index (χ0n) is 8.44. The Morgan fingerprint density at radius 1 is 1.38 bits per heavy atom. The largest absolute Gasteiger partial charge is 0.296 e. The van der Waals surface area contributed by atoms with E-state index in [4.69, 9.17) is 0 Å². The highest BCUT2D eigenvalue weighted by Gasteiger charge is 2.29. The number of aromatic nitrogens is 2. The highest BCUT2D eigenvalue weighted by molar-refractivity contribution is 9.08. The smallest absolute Gasteiger partial charge is 0.235 e. The molecule has 2 amide bonds. The molecule has 0 aliphatic carbocycles. The Morgan fingerprint density at radius 2 is 2.19 bits per heavy atom. The molecule has 1 fully saturated rings. The number of alkyl halides is 1. The van der Waals surface area contributed by atoms with Gasteiger partial charge in [-0.1, -0.05) is 15.9 Å². The highest BCUT2D eigenvalue weighted by Crippen LogP contribution is 2.22. The predicted octanol–water partition coefficient (Wildman–Crippen LogP) is 0.892. The van der Waals surface area contributed by atoms with Crippen LogP contribution in [0.4, 0.5) is 0 Å². The number of hydrogen-bond donors (Lipinski definition) is 1. The fourth-order valence-electron chi connectivity index (χ4n) is 1.60. The van der Waals surface area contributed by atoms with Crippen LogP contribution < -0.4 is 5.32 Å². The normalized spacial score (nSPS) is 20.7. The van der Waals surface area contributed by atoms with E-state index in [1.165, 1.54) is 0 Å². The molecule has 1 aromatic heterocycles. The third-order valence-electron chi connectivity index (χ3n) is 2.47. The van der Waals surface area contributed by atoms with E-state index in [2.05, 4.69) is 31.4 Å². The monoisotopic (exact) mass is 283 g/mol. The molecule has 1 atom stereocenters. The van der Waals surface area contributed by atoms with E-state index in [0.29, 0.717) is 23.9 Å². The maximum absolute atomic E-state index is 11.6. The molecule has 1 aliphatic heterocycles. The predicted molar refractivity (Wildman–Crippen MR) is 59.8 cm³/mol. The molecule has 0 aromatic carbocycles. The van der Waals surface area contributed by atoms with Crippen LogP contribution in [-0.2, 0) is 14.9 Å². The maximum atomic E-state index is 11.6. The lowest BCUT2D eigenvalue weighted by Gasteiger charge is -2.19. The summed E-state index contributed by atoms with van der Waals surface area (Å²) in [4.78, 5) is 22.5. The van der Waals surface area contributed by atoms with Crippen LogP contribution in [0.1, 0.15) is 30.1 Å². The fourth-order valence-corrected chi connectivity index (χ4v) is 1.90. The lowest BCUT2D eigenvalue weighted by Crippen LogP contribution is -2.39. The first kappa shape index (κ1) is 11.2. The zero-order valence-corrected chi connectivity index (χ0v) is 10.0. The summed E-state index contributed by atoms with van der Waals surface area (Å²) in [5.74, 6) is -0.849. The van der Waals surface area contributed by atoms with Gasteiger partial charge in [-0.15, -0.1) is 0 Å². The summed E-state index contributed by atoms with van der Waals surface area (Å²) in [6.45, 7) is 0. The van der Waals surface area contributed by atoms with Crippen molar-refractivity contribution in [1.82, 2.24) is 15.5 Å². The van der Waals surface area contributed by atoms with Crippen LogP contribution in [0.5, 0.6) is 0 Å². The number of halogens is 1. The molecule has 2 rings (SSSR count). The Labute approximate surface area is 101 Å². The number of rotatable bonds is 2. The summed E-state index contributed by atoms with van der Waals surface area (Å²) in [7, 11) is 0. The van der Waals surface area contributed by atoms with Crippen molar-refractivity contribution in [3.05, 3.63) is 23.5 Å². The zero-order chi connectivity index (χ0) is 11.5. The quantitative estimate of drug-likeness (QED) is 0.646. The molecule has 0 saturated carbocycles. The first-order chi connectivity index (χ1) is 7.70. The number of carbonyl (C=O) groups is 2. The van der Waals surface area contributed by atoms with E-state index in [1.54, 1.807) is 6.07 Å². The number of nitrogens with zero attached hydrogens (tertiary/aromatic N) is 2. The summed E-state index contributed by atoms with van der Waals surface area (Å²) in [5.41, 5.74) is 1.44. The van der Waals surface area contributed by atoms with Gasteiger partial charge in [0.2, 0.25) is 11.8 Å². The minimum atomic E-state index is -0.352. The summed E-state index contributed by atoms with van der Waals surface area (Å²) in [5, 5.41) is 10.9. The van der Waals surface area contributed by atoms with E-state index in [9.17, 15) is 9.59 Å². The lowest BCUT2D eigenvalue weighted by molar-refractivity contribution is -0.134. The average molecular weight is 284 g/mol. The molecule has 1 aromatic rings. The van der Waals surface area contributed by atoms with Crippen molar-refractivity contribution in [3.63, 3.8) is 0 Å². The maximum Gasteiger partial charge on any atom is 0.235 e. The van der Waals surface area contributed by atoms with Gasteiger partial charge in [0.15, 0.2) is 0 Å². The van der Waals surface area contributed by atoms with Crippen LogP contribution in [0.25, 0.3) is 0 Å². The van der Waals surface area contributed by atoms with E-state index in [0.717, 1.165) is 5.69 Å². The van der Waals surface area contributed by atoms with Crippen LogP contribution in [0, 0.1) is 0 Å². The van der Waals surface area contributed by atoms with Crippen LogP contribution in [0.2, 0.25) is 0 Å². The summed E-state index contributed by atoms with van der Waals surface area (Å²) in [6, 6.07) is 3.60. The molecule has 1 saturated heterocycles. The summed E-state index contributed by atoms with van der Waals surface area (Å²) < 4.78 is 0. The van der Waals surface area contributed by atoms with Gasteiger partial charge in [0.05, 0.1) is 17.3 Å². The minimum absolute atomic E-state index is 0.216. The number of piperidine rings is 1. The second-order valence-corrected chi connectivity index (χ2v) is 4.15. The van der Waals surface area contributed by atoms with Crippen molar-refractivity contribution in [2.45, 2.75) is 24.1 Å². The summed E-state index contributed by atoms with van der Waals surface area (Å²) >= 11 is 3.27. The third-order valence-corrected chi connectivity index (χ3v) is 3.05. The van der Waals surface area contributed by atoms with Crippen LogP contribution >= 0.6 is 15.9 Å². The first-order valence-electron chi connectivity index (χ1n) is 4.93. The van der Waals surface area contributed by atoms with Crippen LogP contribution in [0.15, 0.2) is 12.1 Å². The molecular formula is C10H10BrN3O2. The van der Waals surface area contributed by atoms with Crippen molar-refractivity contribution in [3.8, 4) is 0 Å². The molecule has 6 heteroatoms.